The first-order chi connectivity index (χ1) is 12.9. The van der Waals surface area contributed by atoms with E-state index in [4.69, 9.17) is 4.42 Å². The van der Waals surface area contributed by atoms with E-state index in [1.807, 2.05) is 13.0 Å². The molecule has 1 atom stereocenters. The van der Waals surface area contributed by atoms with Gasteiger partial charge in [0.15, 0.2) is 9.84 Å². The molecule has 1 saturated heterocycles. The van der Waals surface area contributed by atoms with Crippen LogP contribution in [0, 0.1) is 13.8 Å². The highest BCUT2D eigenvalue weighted by Gasteiger charge is 2.33. The molecule has 0 unspecified atom stereocenters. The molecular formula is C20H26N2O4S. The van der Waals surface area contributed by atoms with Crippen LogP contribution in [0.4, 0.5) is 4.79 Å². The molecule has 1 aromatic heterocycles. The van der Waals surface area contributed by atoms with Crippen molar-refractivity contribution in [3.63, 3.8) is 0 Å². The summed E-state index contributed by atoms with van der Waals surface area (Å²) in [5.41, 5.74) is 1.55. The fraction of sp³-hybridized carbons (Fsp3) is 0.450. The van der Waals surface area contributed by atoms with Crippen LogP contribution in [0.15, 0.2) is 45.9 Å². The molecule has 1 aliphatic rings. The van der Waals surface area contributed by atoms with E-state index in [9.17, 15) is 13.2 Å². The lowest BCUT2D eigenvalue weighted by Gasteiger charge is -2.27. The summed E-state index contributed by atoms with van der Waals surface area (Å²) in [6.07, 6.45) is 4.54. The first kappa shape index (κ1) is 19.5. The van der Waals surface area contributed by atoms with Crippen LogP contribution in [-0.4, -0.2) is 39.0 Å². The average Bonchev–Trinajstić information content (AvgIpc) is 3.18. The molecule has 0 spiro atoms. The molecule has 27 heavy (non-hydrogen) atoms. The molecule has 2 aromatic rings. The van der Waals surface area contributed by atoms with Crippen molar-refractivity contribution in [3.05, 3.63) is 53.5 Å². The number of hydrogen-bond acceptors (Lipinski definition) is 4. The molecule has 1 aromatic carbocycles. The maximum absolute atomic E-state index is 13.4. The van der Waals surface area contributed by atoms with E-state index in [0.717, 1.165) is 24.8 Å². The first-order valence-corrected chi connectivity index (χ1v) is 10.8. The molecule has 3 rings (SSSR count). The summed E-state index contributed by atoms with van der Waals surface area (Å²) in [5.74, 6) is 0.329. The van der Waals surface area contributed by atoms with E-state index >= 15 is 0 Å². The van der Waals surface area contributed by atoms with Crippen LogP contribution < -0.4 is 5.32 Å². The Balaban J connectivity index is 1.85. The molecule has 0 aliphatic carbocycles. The van der Waals surface area contributed by atoms with Crippen LogP contribution in [0.2, 0.25) is 0 Å². The van der Waals surface area contributed by atoms with Gasteiger partial charge in [0.25, 0.3) is 0 Å². The summed E-state index contributed by atoms with van der Waals surface area (Å²) >= 11 is 0. The Morgan fingerprint density at radius 3 is 2.59 bits per heavy atom. The highest BCUT2D eigenvalue weighted by Crippen LogP contribution is 2.31. The summed E-state index contributed by atoms with van der Waals surface area (Å²) in [6.45, 7) is 5.02. The molecule has 146 valence electrons. The highest BCUT2D eigenvalue weighted by atomic mass is 32.2. The summed E-state index contributed by atoms with van der Waals surface area (Å²) < 4.78 is 32.1. The SMILES string of the molecule is Cc1ccc(C)c(S(=O)(=O)[C@H](CNC(=O)N2CCCCC2)c2ccco2)c1. The number of rotatable bonds is 5. The Hall–Kier alpha value is -2.28. The normalized spacial score (nSPS) is 16.1. The standard InChI is InChI=1S/C20H26N2O4S/c1-15-8-9-16(2)18(13-15)27(24,25)19(17-7-6-12-26-17)14-21-20(23)22-10-4-3-5-11-22/h6-9,12-13,19H,3-5,10-11,14H2,1-2H3,(H,21,23)/t19-/m1/s1. The van der Waals surface area contributed by atoms with Gasteiger partial charge in [-0.05, 0) is 62.4 Å². The minimum absolute atomic E-state index is 0.0292. The Kier molecular flexibility index (Phi) is 5.89. The van der Waals surface area contributed by atoms with E-state index < -0.39 is 15.1 Å². The lowest BCUT2D eigenvalue weighted by atomic mass is 10.1. The summed E-state index contributed by atoms with van der Waals surface area (Å²) in [6, 6.07) is 8.44. The van der Waals surface area contributed by atoms with Crippen molar-refractivity contribution in [3.8, 4) is 0 Å². The van der Waals surface area contributed by atoms with E-state index in [1.165, 1.54) is 6.26 Å². The van der Waals surface area contributed by atoms with Crippen LogP contribution in [0.5, 0.6) is 0 Å². The minimum atomic E-state index is -3.73. The number of piperidine rings is 1. The molecule has 6 nitrogen and oxygen atoms in total. The number of nitrogens with one attached hydrogen (secondary N) is 1. The third kappa shape index (κ3) is 4.35. The number of amides is 2. The number of carbonyl (C=O) groups excluding carboxylic acids is 1. The number of furan rings is 1. The molecule has 0 bridgehead atoms. The van der Waals surface area contributed by atoms with Gasteiger partial charge in [-0.2, -0.15) is 0 Å². The number of likely N-dealkylation sites (tertiary alicyclic amines) is 1. The van der Waals surface area contributed by atoms with Crippen molar-refractivity contribution in [1.82, 2.24) is 10.2 Å². The van der Waals surface area contributed by atoms with Crippen LogP contribution >= 0.6 is 0 Å². The number of aryl methyl sites for hydroxylation is 2. The van der Waals surface area contributed by atoms with E-state index in [-0.39, 0.29) is 17.5 Å². The number of hydrogen-bond donors (Lipinski definition) is 1. The number of sulfone groups is 1. The maximum Gasteiger partial charge on any atom is 0.317 e. The van der Waals surface area contributed by atoms with Crippen molar-refractivity contribution < 1.29 is 17.6 Å². The zero-order valence-corrected chi connectivity index (χ0v) is 16.6. The quantitative estimate of drug-likeness (QED) is 0.846. The molecular weight excluding hydrogens is 364 g/mol. The zero-order chi connectivity index (χ0) is 19.4. The zero-order valence-electron chi connectivity index (χ0n) is 15.8. The largest absolute Gasteiger partial charge is 0.468 e. The number of carbonyl (C=O) groups is 1. The number of nitrogens with zero attached hydrogens (tertiary/aromatic N) is 1. The van der Waals surface area contributed by atoms with Crippen LogP contribution in [0.1, 0.15) is 41.4 Å². The molecule has 1 N–H and O–H groups in total. The van der Waals surface area contributed by atoms with Crippen LogP contribution in [-0.2, 0) is 9.84 Å². The summed E-state index contributed by atoms with van der Waals surface area (Å²) in [4.78, 5) is 14.5. The van der Waals surface area contributed by atoms with Gasteiger partial charge in [-0.15, -0.1) is 0 Å². The van der Waals surface area contributed by atoms with Gasteiger partial charge in [0.2, 0.25) is 0 Å². The van der Waals surface area contributed by atoms with Crippen LogP contribution in [0.3, 0.4) is 0 Å². The van der Waals surface area contributed by atoms with Gasteiger partial charge in [0.05, 0.1) is 11.2 Å². The summed E-state index contributed by atoms with van der Waals surface area (Å²) in [7, 11) is -3.73. The second-order valence-corrected chi connectivity index (χ2v) is 9.15. The second-order valence-electron chi connectivity index (χ2n) is 7.05. The third-order valence-electron chi connectivity index (χ3n) is 4.97. The lowest BCUT2D eigenvalue weighted by molar-refractivity contribution is 0.186. The predicted octanol–water partition coefficient (Wildman–Crippen LogP) is 3.61. The van der Waals surface area contributed by atoms with Gasteiger partial charge >= 0.3 is 6.03 Å². The van der Waals surface area contributed by atoms with E-state index in [0.29, 0.717) is 24.4 Å². The monoisotopic (exact) mass is 390 g/mol. The topological polar surface area (TPSA) is 79.6 Å². The van der Waals surface area contributed by atoms with Crippen molar-refractivity contribution in [2.45, 2.75) is 43.3 Å². The lowest BCUT2D eigenvalue weighted by Crippen LogP contribution is -2.44. The highest BCUT2D eigenvalue weighted by molar-refractivity contribution is 7.91. The van der Waals surface area contributed by atoms with Crippen molar-refractivity contribution in [2.75, 3.05) is 19.6 Å². The Morgan fingerprint density at radius 1 is 1.19 bits per heavy atom. The van der Waals surface area contributed by atoms with Gasteiger partial charge in [-0.3, -0.25) is 0 Å². The van der Waals surface area contributed by atoms with Gasteiger partial charge in [-0.25, -0.2) is 13.2 Å². The molecule has 1 aliphatic heterocycles. The van der Waals surface area contributed by atoms with Crippen molar-refractivity contribution in [2.24, 2.45) is 0 Å². The van der Waals surface area contributed by atoms with Gasteiger partial charge in [0, 0.05) is 19.6 Å². The Bertz CT molecular complexity index is 885. The Labute approximate surface area is 160 Å². The smallest absolute Gasteiger partial charge is 0.317 e. The minimum Gasteiger partial charge on any atom is -0.468 e. The molecule has 7 heteroatoms. The van der Waals surface area contributed by atoms with Crippen molar-refractivity contribution >= 4 is 15.9 Å². The molecule has 2 amide bonds. The van der Waals surface area contributed by atoms with E-state index in [1.54, 1.807) is 36.1 Å². The fourth-order valence-corrected chi connectivity index (χ4v) is 5.31. The summed E-state index contributed by atoms with van der Waals surface area (Å²) in [5, 5.41) is 1.83. The average molecular weight is 391 g/mol. The van der Waals surface area contributed by atoms with Gasteiger partial charge in [-0.1, -0.05) is 12.1 Å². The third-order valence-corrected chi connectivity index (χ3v) is 7.17. The number of benzene rings is 1. The second kappa shape index (κ2) is 8.17. The van der Waals surface area contributed by atoms with Crippen molar-refractivity contribution in [1.29, 1.82) is 0 Å². The van der Waals surface area contributed by atoms with Crippen LogP contribution in [0.25, 0.3) is 0 Å². The van der Waals surface area contributed by atoms with E-state index in [2.05, 4.69) is 5.32 Å². The Morgan fingerprint density at radius 2 is 1.93 bits per heavy atom. The van der Waals surface area contributed by atoms with Gasteiger partial charge in [0.1, 0.15) is 11.0 Å². The predicted molar refractivity (Wildman–Crippen MR) is 103 cm³/mol. The molecule has 1 fully saturated rings. The first-order valence-electron chi connectivity index (χ1n) is 9.27. The molecule has 0 radical (unpaired) electrons. The molecule has 2 heterocycles. The maximum atomic E-state index is 13.4. The molecule has 0 saturated carbocycles. The number of urea groups is 1. The fourth-order valence-electron chi connectivity index (χ4n) is 3.39. The van der Waals surface area contributed by atoms with Gasteiger partial charge < -0.3 is 14.6 Å².